The Morgan fingerprint density at radius 1 is 0.969 bits per heavy atom. The maximum absolute atomic E-state index is 12.5. The summed E-state index contributed by atoms with van der Waals surface area (Å²) in [6.45, 7) is 1.75. The molecule has 1 aromatic heterocycles. The van der Waals surface area contributed by atoms with Crippen molar-refractivity contribution in [3.63, 3.8) is 0 Å². The number of benzene rings is 3. The summed E-state index contributed by atoms with van der Waals surface area (Å²) in [4.78, 5) is 12.5. The molecular formula is C25H22N4O3. The van der Waals surface area contributed by atoms with Crippen LogP contribution in [0.5, 0.6) is 11.5 Å². The molecule has 160 valence electrons. The Bertz CT molecular complexity index is 1260. The number of methoxy groups -OCH3 is 1. The summed E-state index contributed by atoms with van der Waals surface area (Å²) in [7, 11) is 1.47. The highest BCUT2D eigenvalue weighted by Gasteiger charge is 2.12. The van der Waals surface area contributed by atoms with E-state index in [0.29, 0.717) is 28.4 Å². The third-order valence-electron chi connectivity index (χ3n) is 5.03. The van der Waals surface area contributed by atoms with Crippen LogP contribution in [0.15, 0.2) is 84.0 Å². The largest absolute Gasteiger partial charge is 0.504 e. The van der Waals surface area contributed by atoms with E-state index in [1.807, 2.05) is 42.5 Å². The summed E-state index contributed by atoms with van der Waals surface area (Å²) in [6, 6.07) is 24.6. The Hall–Kier alpha value is -4.39. The first-order valence-electron chi connectivity index (χ1n) is 9.98. The van der Waals surface area contributed by atoms with E-state index in [9.17, 15) is 9.90 Å². The zero-order valence-electron chi connectivity index (χ0n) is 17.7. The number of nitrogens with zero attached hydrogens (tertiary/aromatic N) is 2. The number of nitrogens with one attached hydrogen (secondary N) is 2. The van der Waals surface area contributed by atoms with E-state index < -0.39 is 5.91 Å². The molecule has 7 nitrogen and oxygen atoms in total. The van der Waals surface area contributed by atoms with Crippen LogP contribution in [-0.4, -0.2) is 34.0 Å². The van der Waals surface area contributed by atoms with Crippen LogP contribution in [0.2, 0.25) is 0 Å². The second-order valence-corrected chi connectivity index (χ2v) is 7.14. The Morgan fingerprint density at radius 2 is 1.66 bits per heavy atom. The lowest BCUT2D eigenvalue weighted by Gasteiger charge is -2.06. The highest BCUT2D eigenvalue weighted by Crippen LogP contribution is 2.26. The van der Waals surface area contributed by atoms with Crippen LogP contribution in [0.1, 0.15) is 23.0 Å². The van der Waals surface area contributed by atoms with Crippen molar-refractivity contribution >= 4 is 11.6 Å². The SMILES string of the molecule is COc1cc(/C(C)=N/NC(=O)c2cc(-c3ccc(-c4ccccc4)cc3)n[nH]2)ccc1O. The van der Waals surface area contributed by atoms with Gasteiger partial charge in [-0.25, -0.2) is 5.43 Å². The normalized spacial score (nSPS) is 11.2. The monoisotopic (exact) mass is 426 g/mol. The van der Waals surface area contributed by atoms with E-state index in [1.54, 1.807) is 25.1 Å². The molecule has 0 bridgehead atoms. The predicted molar refractivity (Wildman–Crippen MR) is 124 cm³/mol. The minimum atomic E-state index is -0.408. The first-order valence-corrected chi connectivity index (χ1v) is 9.98. The number of ether oxygens (including phenoxy) is 1. The van der Waals surface area contributed by atoms with Gasteiger partial charge in [-0.15, -0.1) is 0 Å². The smallest absolute Gasteiger partial charge is 0.289 e. The van der Waals surface area contributed by atoms with Gasteiger partial charge in [0.05, 0.1) is 18.5 Å². The maximum Gasteiger partial charge on any atom is 0.289 e. The number of amides is 1. The third-order valence-corrected chi connectivity index (χ3v) is 5.03. The number of hydrogen-bond acceptors (Lipinski definition) is 5. The molecule has 0 aliphatic heterocycles. The minimum absolute atomic E-state index is 0.0369. The number of rotatable bonds is 6. The predicted octanol–water partition coefficient (Wildman–Crippen LogP) is 4.61. The van der Waals surface area contributed by atoms with Gasteiger partial charge in [0, 0.05) is 11.1 Å². The van der Waals surface area contributed by atoms with Gasteiger partial charge < -0.3 is 9.84 Å². The summed E-state index contributed by atoms with van der Waals surface area (Å²) in [5.74, 6) is -0.0375. The lowest BCUT2D eigenvalue weighted by molar-refractivity contribution is 0.0950. The van der Waals surface area contributed by atoms with Crippen molar-refractivity contribution in [3.8, 4) is 33.9 Å². The minimum Gasteiger partial charge on any atom is -0.504 e. The molecule has 3 aromatic carbocycles. The van der Waals surface area contributed by atoms with Crippen LogP contribution in [0.3, 0.4) is 0 Å². The Balaban J connectivity index is 1.45. The number of carbonyl (C=O) groups excluding carboxylic acids is 1. The molecule has 1 amide bonds. The lowest BCUT2D eigenvalue weighted by Crippen LogP contribution is -2.19. The fraction of sp³-hybridized carbons (Fsp3) is 0.0800. The van der Waals surface area contributed by atoms with Crippen molar-refractivity contribution < 1.29 is 14.6 Å². The Morgan fingerprint density at radius 3 is 2.38 bits per heavy atom. The fourth-order valence-corrected chi connectivity index (χ4v) is 3.21. The summed E-state index contributed by atoms with van der Waals surface area (Å²) in [6.07, 6.45) is 0. The van der Waals surface area contributed by atoms with Gasteiger partial charge in [0.15, 0.2) is 11.5 Å². The van der Waals surface area contributed by atoms with Crippen LogP contribution in [0, 0.1) is 0 Å². The third kappa shape index (κ3) is 4.52. The van der Waals surface area contributed by atoms with Gasteiger partial charge in [-0.2, -0.15) is 10.2 Å². The summed E-state index contributed by atoms with van der Waals surface area (Å²) < 4.78 is 5.10. The van der Waals surface area contributed by atoms with Crippen LogP contribution in [-0.2, 0) is 0 Å². The summed E-state index contributed by atoms with van der Waals surface area (Å²) in [5.41, 5.74) is 7.91. The van der Waals surface area contributed by atoms with Gasteiger partial charge in [-0.05, 0) is 42.3 Å². The molecule has 4 rings (SSSR count). The number of aromatic amines is 1. The van der Waals surface area contributed by atoms with Gasteiger partial charge >= 0.3 is 0 Å². The first kappa shape index (κ1) is 20.9. The summed E-state index contributed by atoms with van der Waals surface area (Å²) >= 11 is 0. The fourth-order valence-electron chi connectivity index (χ4n) is 3.21. The number of hydrazone groups is 1. The van der Waals surface area contributed by atoms with Gasteiger partial charge in [0.1, 0.15) is 5.69 Å². The van der Waals surface area contributed by atoms with E-state index in [0.717, 1.165) is 16.7 Å². The second kappa shape index (κ2) is 9.18. The van der Waals surface area contributed by atoms with Gasteiger partial charge in [0.2, 0.25) is 0 Å². The number of hydrogen-bond donors (Lipinski definition) is 3. The number of aromatic hydroxyl groups is 1. The quantitative estimate of drug-likeness (QED) is 0.310. The molecule has 0 saturated carbocycles. The molecule has 1 heterocycles. The molecule has 0 aliphatic rings. The van der Waals surface area contributed by atoms with E-state index in [2.05, 4.69) is 32.9 Å². The van der Waals surface area contributed by atoms with E-state index in [1.165, 1.54) is 13.2 Å². The first-order chi connectivity index (χ1) is 15.5. The van der Waals surface area contributed by atoms with Gasteiger partial charge in [-0.1, -0.05) is 54.6 Å². The van der Waals surface area contributed by atoms with Crippen LogP contribution in [0.4, 0.5) is 0 Å². The molecular weight excluding hydrogens is 404 g/mol. The topological polar surface area (TPSA) is 99.6 Å². The number of phenols is 1. The maximum atomic E-state index is 12.5. The number of H-pyrrole nitrogens is 1. The van der Waals surface area contributed by atoms with Crippen LogP contribution in [0.25, 0.3) is 22.4 Å². The number of carbonyl (C=O) groups is 1. The molecule has 7 heteroatoms. The molecule has 0 aliphatic carbocycles. The average molecular weight is 426 g/mol. The molecule has 0 fully saturated rings. The standard InChI is InChI=1S/C25H22N4O3/c1-16(20-12-13-23(30)24(14-20)32-2)26-29-25(31)22-15-21(27-28-22)19-10-8-18(9-11-19)17-6-4-3-5-7-17/h3-15,30H,1-2H3,(H,27,28)(H,29,31)/b26-16+. The molecule has 3 N–H and O–H groups in total. The van der Waals surface area contributed by atoms with Crippen molar-refractivity contribution in [2.45, 2.75) is 6.92 Å². The molecule has 0 radical (unpaired) electrons. The molecule has 4 aromatic rings. The second-order valence-electron chi connectivity index (χ2n) is 7.14. The van der Waals surface area contributed by atoms with E-state index >= 15 is 0 Å². The van der Waals surface area contributed by atoms with Crippen LogP contribution < -0.4 is 10.2 Å². The van der Waals surface area contributed by atoms with Crippen molar-refractivity contribution in [2.75, 3.05) is 7.11 Å². The lowest BCUT2D eigenvalue weighted by atomic mass is 10.0. The molecule has 0 spiro atoms. The van der Waals surface area contributed by atoms with Crippen molar-refractivity contribution in [2.24, 2.45) is 5.10 Å². The number of aromatic nitrogens is 2. The Kier molecular flexibility index (Phi) is 5.98. The van der Waals surface area contributed by atoms with Crippen molar-refractivity contribution in [3.05, 3.63) is 90.1 Å². The van der Waals surface area contributed by atoms with E-state index in [-0.39, 0.29) is 5.75 Å². The van der Waals surface area contributed by atoms with E-state index in [4.69, 9.17) is 4.74 Å². The zero-order valence-corrected chi connectivity index (χ0v) is 17.7. The number of phenolic OH excluding ortho intramolecular Hbond substituents is 1. The zero-order chi connectivity index (χ0) is 22.5. The highest BCUT2D eigenvalue weighted by molar-refractivity contribution is 6.01. The molecule has 32 heavy (non-hydrogen) atoms. The molecule has 0 atom stereocenters. The van der Waals surface area contributed by atoms with Crippen molar-refractivity contribution in [1.29, 1.82) is 0 Å². The van der Waals surface area contributed by atoms with Gasteiger partial charge in [-0.3, -0.25) is 9.89 Å². The average Bonchev–Trinajstić information content (AvgIpc) is 3.34. The summed E-state index contributed by atoms with van der Waals surface area (Å²) in [5, 5.41) is 20.8. The van der Waals surface area contributed by atoms with Gasteiger partial charge in [0.25, 0.3) is 5.91 Å². The van der Waals surface area contributed by atoms with Crippen molar-refractivity contribution in [1.82, 2.24) is 15.6 Å². The Labute approximate surface area is 185 Å². The highest BCUT2D eigenvalue weighted by atomic mass is 16.5. The molecule has 0 saturated heterocycles. The molecule has 0 unspecified atom stereocenters. The van der Waals surface area contributed by atoms with Crippen LogP contribution >= 0.6 is 0 Å².